The number of hydrogen-bond acceptors (Lipinski definition) is 5. The molecule has 1 spiro atoms. The molecule has 4 atom stereocenters. The fraction of sp³-hybridized carbons (Fsp3) is 0.571. The van der Waals surface area contributed by atoms with Crippen LogP contribution < -0.4 is 15.4 Å². The number of aliphatic hydroxyl groups excluding tert-OH is 1. The lowest BCUT2D eigenvalue weighted by Gasteiger charge is -2.47. The maximum absolute atomic E-state index is 13.3. The summed E-state index contributed by atoms with van der Waals surface area (Å²) in [5.74, 6) is 0.757. The SMILES string of the molecule is CC[C@H](C)Cc1cnc2c(c1)[C@@H](NC[C@H](O)[C@H](Cc1ccc(F)cc1)NC(C)=O)CC1(CCC1)O2. The zero-order valence-electron chi connectivity index (χ0n) is 21.0. The number of aromatic nitrogens is 1. The lowest BCUT2D eigenvalue weighted by Crippen LogP contribution is -2.52. The van der Waals surface area contributed by atoms with Gasteiger partial charge in [0.15, 0.2) is 0 Å². The highest BCUT2D eigenvalue weighted by molar-refractivity contribution is 5.73. The predicted octanol–water partition coefficient (Wildman–Crippen LogP) is 4.25. The normalized spacial score (nSPS) is 20.8. The zero-order chi connectivity index (χ0) is 25.0. The van der Waals surface area contributed by atoms with Gasteiger partial charge in [-0.1, -0.05) is 32.4 Å². The van der Waals surface area contributed by atoms with Crippen LogP contribution in [0, 0.1) is 11.7 Å². The third-order valence-electron chi connectivity index (χ3n) is 7.54. The van der Waals surface area contributed by atoms with E-state index in [-0.39, 0.29) is 23.4 Å². The highest BCUT2D eigenvalue weighted by Gasteiger charge is 2.46. The van der Waals surface area contributed by atoms with Crippen molar-refractivity contribution in [3.8, 4) is 5.88 Å². The number of pyridine rings is 1. The molecule has 4 rings (SSSR count). The third-order valence-corrected chi connectivity index (χ3v) is 7.54. The number of rotatable bonds is 10. The van der Waals surface area contributed by atoms with Gasteiger partial charge in [0.25, 0.3) is 0 Å². The van der Waals surface area contributed by atoms with Crippen molar-refractivity contribution in [2.75, 3.05) is 6.54 Å². The summed E-state index contributed by atoms with van der Waals surface area (Å²) in [7, 11) is 0. The monoisotopic (exact) mass is 483 g/mol. The van der Waals surface area contributed by atoms with E-state index in [1.807, 2.05) is 6.20 Å². The fourth-order valence-corrected chi connectivity index (χ4v) is 5.12. The summed E-state index contributed by atoms with van der Waals surface area (Å²) in [5, 5.41) is 17.5. The van der Waals surface area contributed by atoms with Crippen LogP contribution in [-0.2, 0) is 17.6 Å². The van der Waals surface area contributed by atoms with E-state index in [2.05, 4.69) is 35.5 Å². The average Bonchev–Trinajstić information content (AvgIpc) is 2.81. The van der Waals surface area contributed by atoms with Gasteiger partial charge in [-0.2, -0.15) is 0 Å². The topological polar surface area (TPSA) is 83.5 Å². The van der Waals surface area contributed by atoms with Crippen molar-refractivity contribution in [3.63, 3.8) is 0 Å². The smallest absolute Gasteiger partial charge is 0.218 e. The first-order valence-electron chi connectivity index (χ1n) is 12.9. The minimum absolute atomic E-state index is 0.0156. The molecule has 6 nitrogen and oxygen atoms in total. The Kier molecular flexibility index (Phi) is 8.07. The predicted molar refractivity (Wildman–Crippen MR) is 134 cm³/mol. The van der Waals surface area contributed by atoms with Gasteiger partial charge in [0.1, 0.15) is 11.4 Å². The number of benzene rings is 1. The minimum Gasteiger partial charge on any atom is -0.471 e. The van der Waals surface area contributed by atoms with E-state index >= 15 is 0 Å². The molecule has 0 radical (unpaired) electrons. The van der Waals surface area contributed by atoms with Gasteiger partial charge >= 0.3 is 0 Å². The van der Waals surface area contributed by atoms with E-state index in [0.29, 0.717) is 24.8 Å². The number of nitrogens with one attached hydrogen (secondary N) is 2. The number of ether oxygens (including phenoxy) is 1. The molecule has 1 aliphatic heterocycles. The molecule has 1 saturated carbocycles. The summed E-state index contributed by atoms with van der Waals surface area (Å²) in [6.07, 6.45) is 7.64. The summed E-state index contributed by atoms with van der Waals surface area (Å²) >= 11 is 0. The van der Waals surface area contributed by atoms with Gasteiger partial charge in [-0.15, -0.1) is 0 Å². The Balaban J connectivity index is 1.48. The average molecular weight is 484 g/mol. The molecule has 35 heavy (non-hydrogen) atoms. The Morgan fingerprint density at radius 3 is 2.63 bits per heavy atom. The van der Waals surface area contributed by atoms with E-state index < -0.39 is 12.1 Å². The number of fused-ring (bicyclic) bond motifs is 1. The van der Waals surface area contributed by atoms with Gasteiger partial charge < -0.3 is 20.5 Å². The molecule has 0 unspecified atom stereocenters. The second-order valence-electron chi connectivity index (χ2n) is 10.5. The molecule has 1 aliphatic carbocycles. The first-order chi connectivity index (χ1) is 16.8. The molecule has 1 fully saturated rings. The van der Waals surface area contributed by atoms with Gasteiger partial charge in [-0.05, 0) is 67.3 Å². The second kappa shape index (κ2) is 11.0. The quantitative estimate of drug-likeness (QED) is 0.471. The molecular weight excluding hydrogens is 445 g/mol. The Morgan fingerprint density at radius 1 is 1.26 bits per heavy atom. The third kappa shape index (κ3) is 6.39. The second-order valence-corrected chi connectivity index (χ2v) is 10.5. The van der Waals surface area contributed by atoms with Gasteiger partial charge in [-0.3, -0.25) is 4.79 Å². The van der Waals surface area contributed by atoms with Crippen LogP contribution in [0.3, 0.4) is 0 Å². The summed E-state index contributed by atoms with van der Waals surface area (Å²) in [6, 6.07) is 7.89. The zero-order valence-corrected chi connectivity index (χ0v) is 21.0. The maximum atomic E-state index is 13.3. The summed E-state index contributed by atoms with van der Waals surface area (Å²) in [5.41, 5.74) is 2.93. The minimum atomic E-state index is -0.816. The number of hydrogen-bond donors (Lipinski definition) is 3. The van der Waals surface area contributed by atoms with Crippen molar-refractivity contribution in [1.82, 2.24) is 15.6 Å². The molecule has 1 amide bonds. The number of halogens is 1. The van der Waals surface area contributed by atoms with Crippen LogP contribution in [0.25, 0.3) is 0 Å². The fourth-order valence-electron chi connectivity index (χ4n) is 5.12. The molecule has 3 N–H and O–H groups in total. The van der Waals surface area contributed by atoms with Gasteiger partial charge in [0.2, 0.25) is 11.8 Å². The van der Waals surface area contributed by atoms with Crippen LogP contribution in [0.5, 0.6) is 5.88 Å². The Bertz CT molecular complexity index is 1010. The van der Waals surface area contributed by atoms with Gasteiger partial charge in [0, 0.05) is 37.7 Å². The number of amides is 1. The highest BCUT2D eigenvalue weighted by Crippen LogP contribution is 2.48. The Labute approximate surface area is 207 Å². The summed E-state index contributed by atoms with van der Waals surface area (Å²) < 4.78 is 19.7. The number of carbonyl (C=O) groups is 1. The Morgan fingerprint density at radius 2 is 2.00 bits per heavy atom. The summed E-state index contributed by atoms with van der Waals surface area (Å²) in [6.45, 7) is 6.19. The molecule has 0 bridgehead atoms. The number of carbonyl (C=O) groups excluding carboxylic acids is 1. The molecule has 1 aromatic carbocycles. The molecule has 2 aromatic rings. The first-order valence-corrected chi connectivity index (χ1v) is 12.9. The van der Waals surface area contributed by atoms with Crippen molar-refractivity contribution in [3.05, 3.63) is 59.0 Å². The van der Waals surface area contributed by atoms with Crippen LogP contribution in [0.1, 0.15) is 75.6 Å². The molecule has 2 aliphatic rings. The van der Waals surface area contributed by atoms with Crippen LogP contribution in [0.15, 0.2) is 36.5 Å². The molecular formula is C28H38FN3O3. The number of aliphatic hydroxyl groups is 1. The molecule has 0 saturated heterocycles. The van der Waals surface area contributed by atoms with Gasteiger partial charge in [0.05, 0.1) is 12.1 Å². The van der Waals surface area contributed by atoms with Crippen molar-refractivity contribution >= 4 is 5.91 Å². The van der Waals surface area contributed by atoms with Crippen LogP contribution in [0.4, 0.5) is 4.39 Å². The van der Waals surface area contributed by atoms with E-state index in [1.165, 1.54) is 24.6 Å². The largest absolute Gasteiger partial charge is 0.471 e. The lowest BCUT2D eigenvalue weighted by atomic mass is 9.73. The van der Waals surface area contributed by atoms with E-state index in [4.69, 9.17) is 4.74 Å². The van der Waals surface area contributed by atoms with Crippen LogP contribution in [-0.4, -0.2) is 40.3 Å². The summed E-state index contributed by atoms with van der Waals surface area (Å²) in [4.78, 5) is 16.5. The molecule has 2 heterocycles. The van der Waals surface area contributed by atoms with Crippen LogP contribution in [0.2, 0.25) is 0 Å². The van der Waals surface area contributed by atoms with E-state index in [0.717, 1.165) is 49.7 Å². The number of nitrogens with zero attached hydrogens (tertiary/aromatic N) is 1. The van der Waals surface area contributed by atoms with Crippen molar-refractivity contribution < 1.29 is 19.0 Å². The van der Waals surface area contributed by atoms with E-state index in [9.17, 15) is 14.3 Å². The highest BCUT2D eigenvalue weighted by atomic mass is 19.1. The van der Waals surface area contributed by atoms with E-state index in [1.54, 1.807) is 12.1 Å². The maximum Gasteiger partial charge on any atom is 0.218 e. The standard InChI is InChI=1S/C28H38FN3O3/c1-4-18(2)12-21-13-23-25(15-28(10-5-11-28)35-27(23)31-16-21)30-17-26(34)24(32-19(3)33)14-20-6-8-22(29)9-7-20/h6-9,13,16,18,24-26,30,34H,4-5,10-12,14-15,17H2,1-3H3,(H,32,33)/t18-,24-,25-,26-/m0/s1. The molecule has 190 valence electrons. The lowest BCUT2D eigenvalue weighted by molar-refractivity contribution is -0.120. The molecule has 7 heteroatoms. The van der Waals surface area contributed by atoms with Crippen molar-refractivity contribution in [1.29, 1.82) is 0 Å². The first kappa shape index (κ1) is 25.6. The van der Waals surface area contributed by atoms with Crippen LogP contribution >= 0.6 is 0 Å². The van der Waals surface area contributed by atoms with Gasteiger partial charge in [-0.25, -0.2) is 9.37 Å². The Hall–Kier alpha value is -2.51. The van der Waals surface area contributed by atoms with Crippen molar-refractivity contribution in [2.24, 2.45) is 5.92 Å². The molecule has 1 aromatic heterocycles. The van der Waals surface area contributed by atoms with Crippen molar-refractivity contribution in [2.45, 2.75) is 89.5 Å².